The Kier molecular flexibility index (Phi) is 8.04. The number of halogens is 2. The number of nitrogens with one attached hydrogen (secondary N) is 1. The second-order valence-corrected chi connectivity index (χ2v) is 10.9. The molecule has 1 aliphatic rings. The first-order chi connectivity index (χ1) is 20.0. The SMILES string of the molecule is CC(C)(NCCc1ccc(-n2c(N)c(C(=O)c3ccc(F)cc3F)ccc2=O)cc1)C(=O)OC1Cc2ccccc2C1. The van der Waals surface area contributed by atoms with E-state index in [1.165, 1.54) is 23.3 Å². The van der Waals surface area contributed by atoms with E-state index in [2.05, 4.69) is 17.4 Å². The Labute approximate surface area is 241 Å². The third kappa shape index (κ3) is 6.01. The minimum Gasteiger partial charge on any atom is -0.460 e. The summed E-state index contributed by atoms with van der Waals surface area (Å²) in [5.41, 5.74) is 8.22. The lowest BCUT2D eigenvalue weighted by Crippen LogP contribution is -2.49. The van der Waals surface area contributed by atoms with Gasteiger partial charge in [0.1, 0.15) is 29.1 Å². The molecule has 0 amide bonds. The van der Waals surface area contributed by atoms with Gasteiger partial charge in [0.25, 0.3) is 5.56 Å². The zero-order valence-corrected chi connectivity index (χ0v) is 23.3. The molecule has 1 aromatic heterocycles. The average molecular weight is 572 g/mol. The molecular weight excluding hydrogens is 540 g/mol. The third-order valence-electron chi connectivity index (χ3n) is 7.52. The number of aromatic nitrogens is 1. The molecule has 5 rings (SSSR count). The third-order valence-corrected chi connectivity index (χ3v) is 7.52. The van der Waals surface area contributed by atoms with Gasteiger partial charge in [-0.3, -0.25) is 19.0 Å². The van der Waals surface area contributed by atoms with Crippen LogP contribution in [0.15, 0.2) is 83.7 Å². The van der Waals surface area contributed by atoms with Gasteiger partial charge in [0.05, 0.1) is 16.8 Å². The summed E-state index contributed by atoms with van der Waals surface area (Å²) in [6, 6.07) is 20.2. The maximum absolute atomic E-state index is 14.2. The summed E-state index contributed by atoms with van der Waals surface area (Å²) in [4.78, 5) is 38.5. The molecule has 1 aliphatic carbocycles. The Morgan fingerprint density at radius 1 is 0.952 bits per heavy atom. The second kappa shape index (κ2) is 11.7. The molecule has 1 heterocycles. The largest absolute Gasteiger partial charge is 0.460 e. The van der Waals surface area contributed by atoms with Crippen molar-refractivity contribution >= 4 is 17.6 Å². The van der Waals surface area contributed by atoms with Crippen molar-refractivity contribution in [2.75, 3.05) is 12.3 Å². The maximum Gasteiger partial charge on any atom is 0.326 e. The average Bonchev–Trinajstić information content (AvgIpc) is 3.36. The van der Waals surface area contributed by atoms with Gasteiger partial charge in [-0.15, -0.1) is 0 Å². The van der Waals surface area contributed by atoms with Gasteiger partial charge in [-0.1, -0.05) is 36.4 Å². The second-order valence-electron chi connectivity index (χ2n) is 10.9. The van der Waals surface area contributed by atoms with Gasteiger partial charge in [-0.25, -0.2) is 8.78 Å². The molecule has 7 nitrogen and oxygen atoms in total. The number of ketones is 1. The number of ether oxygens (including phenoxy) is 1. The summed E-state index contributed by atoms with van der Waals surface area (Å²) in [7, 11) is 0. The lowest BCUT2D eigenvalue weighted by atomic mass is 10.0. The predicted molar refractivity (Wildman–Crippen MR) is 156 cm³/mol. The number of carbonyl (C=O) groups excluding carboxylic acids is 2. The van der Waals surface area contributed by atoms with Crippen LogP contribution in [-0.4, -0.2) is 34.5 Å². The van der Waals surface area contributed by atoms with E-state index in [1.54, 1.807) is 26.0 Å². The summed E-state index contributed by atoms with van der Waals surface area (Å²) in [5.74, 6) is -3.05. The predicted octanol–water partition coefficient (Wildman–Crippen LogP) is 4.55. The van der Waals surface area contributed by atoms with Gasteiger partial charge in [-0.2, -0.15) is 0 Å². The zero-order chi connectivity index (χ0) is 30.0. The molecule has 0 spiro atoms. The van der Waals surface area contributed by atoms with E-state index in [1.807, 2.05) is 24.3 Å². The van der Waals surface area contributed by atoms with Crippen LogP contribution in [0.25, 0.3) is 5.69 Å². The van der Waals surface area contributed by atoms with E-state index >= 15 is 0 Å². The molecule has 3 N–H and O–H groups in total. The number of anilines is 1. The highest BCUT2D eigenvalue weighted by Crippen LogP contribution is 2.25. The minimum atomic E-state index is -1.02. The highest BCUT2D eigenvalue weighted by molar-refractivity contribution is 6.11. The quantitative estimate of drug-likeness (QED) is 0.226. The van der Waals surface area contributed by atoms with Crippen LogP contribution in [0.5, 0.6) is 0 Å². The molecule has 42 heavy (non-hydrogen) atoms. The molecule has 4 aromatic rings. The van der Waals surface area contributed by atoms with Crippen molar-refractivity contribution in [1.29, 1.82) is 0 Å². The molecule has 0 fully saturated rings. The maximum atomic E-state index is 14.2. The summed E-state index contributed by atoms with van der Waals surface area (Å²) < 4.78 is 34.5. The Hall–Kier alpha value is -4.63. The first-order valence-electron chi connectivity index (χ1n) is 13.7. The van der Waals surface area contributed by atoms with E-state index in [-0.39, 0.29) is 29.0 Å². The standard InChI is InChI=1S/C33H31F2N3O4/c1-33(2,32(41)42-25-17-21-5-3-4-6-22(21)18-25)37-16-15-20-7-10-24(11-8-20)38-29(39)14-13-27(31(38)36)30(40)26-12-9-23(34)19-28(26)35/h3-14,19,25,37H,15-18,36H2,1-2H3. The number of rotatable bonds is 9. The number of fused-ring (bicyclic) bond motifs is 1. The van der Waals surface area contributed by atoms with Crippen molar-refractivity contribution in [1.82, 2.24) is 9.88 Å². The van der Waals surface area contributed by atoms with Gasteiger partial charge in [0, 0.05) is 31.5 Å². The summed E-state index contributed by atoms with van der Waals surface area (Å²) in [6.07, 6.45) is 1.87. The van der Waals surface area contributed by atoms with Crippen molar-refractivity contribution in [2.24, 2.45) is 0 Å². The molecule has 216 valence electrons. The van der Waals surface area contributed by atoms with E-state index in [4.69, 9.17) is 10.5 Å². The Morgan fingerprint density at radius 3 is 2.24 bits per heavy atom. The van der Waals surface area contributed by atoms with Gasteiger partial charge in [0.2, 0.25) is 0 Å². The molecule has 3 aromatic carbocycles. The zero-order valence-electron chi connectivity index (χ0n) is 23.3. The van der Waals surface area contributed by atoms with Gasteiger partial charge in [-0.05, 0) is 67.3 Å². The van der Waals surface area contributed by atoms with Crippen LogP contribution in [0, 0.1) is 11.6 Å². The lowest BCUT2D eigenvalue weighted by molar-refractivity contribution is -0.155. The molecule has 0 aliphatic heterocycles. The number of hydrogen-bond donors (Lipinski definition) is 2. The van der Waals surface area contributed by atoms with Crippen LogP contribution in [-0.2, 0) is 28.8 Å². The number of nitrogens with zero attached hydrogens (tertiary/aromatic N) is 1. The molecule has 0 saturated heterocycles. The van der Waals surface area contributed by atoms with Crippen LogP contribution in [0.4, 0.5) is 14.6 Å². The number of esters is 1. The van der Waals surface area contributed by atoms with Crippen molar-refractivity contribution in [2.45, 2.75) is 44.8 Å². The van der Waals surface area contributed by atoms with Crippen molar-refractivity contribution in [3.8, 4) is 5.69 Å². The van der Waals surface area contributed by atoms with Crippen molar-refractivity contribution in [3.63, 3.8) is 0 Å². The van der Waals surface area contributed by atoms with Gasteiger partial charge in [0.15, 0.2) is 5.78 Å². The number of carbonyl (C=O) groups is 2. The summed E-state index contributed by atoms with van der Waals surface area (Å²) in [6.45, 7) is 4.09. The number of benzene rings is 3. The van der Waals surface area contributed by atoms with E-state index in [9.17, 15) is 23.2 Å². The van der Waals surface area contributed by atoms with E-state index in [0.717, 1.165) is 35.1 Å². The highest BCUT2D eigenvalue weighted by atomic mass is 19.1. The number of nitrogens with two attached hydrogens (primary N) is 1. The molecule has 0 bridgehead atoms. The number of hydrogen-bond acceptors (Lipinski definition) is 6. The first kappa shape index (κ1) is 28.9. The van der Waals surface area contributed by atoms with Crippen LogP contribution < -0.4 is 16.6 Å². The summed E-state index contributed by atoms with van der Waals surface area (Å²) in [5, 5.41) is 3.27. The monoisotopic (exact) mass is 571 g/mol. The Bertz CT molecular complexity index is 1690. The Morgan fingerprint density at radius 2 is 1.60 bits per heavy atom. The Balaban J connectivity index is 1.22. The highest BCUT2D eigenvalue weighted by Gasteiger charge is 2.33. The lowest BCUT2D eigenvalue weighted by Gasteiger charge is -2.26. The summed E-state index contributed by atoms with van der Waals surface area (Å²) >= 11 is 0. The molecule has 9 heteroatoms. The van der Waals surface area contributed by atoms with Crippen LogP contribution in [0.1, 0.15) is 46.5 Å². The number of nitrogen functional groups attached to an aromatic ring is 1. The fourth-order valence-corrected chi connectivity index (χ4v) is 5.13. The fourth-order valence-electron chi connectivity index (χ4n) is 5.13. The van der Waals surface area contributed by atoms with Crippen molar-refractivity contribution in [3.05, 3.63) is 129 Å². The van der Waals surface area contributed by atoms with Crippen LogP contribution in [0.3, 0.4) is 0 Å². The normalized spacial score (nSPS) is 13.1. The minimum absolute atomic E-state index is 0.0796. The topological polar surface area (TPSA) is 103 Å². The fraction of sp³-hybridized carbons (Fsp3) is 0.242. The first-order valence-corrected chi connectivity index (χ1v) is 13.7. The van der Waals surface area contributed by atoms with E-state index in [0.29, 0.717) is 24.7 Å². The van der Waals surface area contributed by atoms with Gasteiger partial charge < -0.3 is 15.8 Å². The molecule has 0 unspecified atom stereocenters. The molecular formula is C33H31F2N3O4. The van der Waals surface area contributed by atoms with Crippen molar-refractivity contribution < 1.29 is 23.1 Å². The molecule has 0 radical (unpaired) electrons. The van der Waals surface area contributed by atoms with Crippen LogP contribution >= 0.6 is 0 Å². The van der Waals surface area contributed by atoms with Crippen LogP contribution in [0.2, 0.25) is 0 Å². The smallest absolute Gasteiger partial charge is 0.326 e. The molecule has 0 saturated carbocycles. The van der Waals surface area contributed by atoms with E-state index < -0.39 is 28.5 Å². The molecule has 0 atom stereocenters. The number of pyridine rings is 1. The van der Waals surface area contributed by atoms with Gasteiger partial charge >= 0.3 is 5.97 Å².